The van der Waals surface area contributed by atoms with E-state index in [0.29, 0.717) is 60.5 Å². The molecule has 1 aliphatic carbocycles. The molecule has 0 aliphatic heterocycles. The maximum Gasteiger partial charge on any atom is 0.303 e. The van der Waals surface area contributed by atoms with Crippen molar-refractivity contribution in [1.82, 2.24) is 0 Å². The van der Waals surface area contributed by atoms with Gasteiger partial charge in [0.1, 0.15) is 23.0 Å². The first-order valence-electron chi connectivity index (χ1n) is 16.0. The predicted octanol–water partition coefficient (Wildman–Crippen LogP) is 5.27. The third-order valence-electron chi connectivity index (χ3n) is 9.42. The second-order valence-electron chi connectivity index (χ2n) is 12.4. The number of aliphatic carboxylic acids is 2. The SMILES string of the molecule is COc1c2c3c4c(c(NCCCC(=O)O)c(=O)c5c(O)cc(OC)c(c6c(OC)cc(NCCCC(=O)O)c(c1=O)c63)c54)C=C(C)C2C(C)=O. The fourth-order valence-electron chi connectivity index (χ4n) is 7.51. The highest BCUT2D eigenvalue weighted by atomic mass is 16.5. The molecule has 13 heteroatoms. The van der Waals surface area contributed by atoms with Crippen LogP contribution in [0.2, 0.25) is 0 Å². The lowest BCUT2D eigenvalue weighted by Gasteiger charge is -2.25. The van der Waals surface area contributed by atoms with Gasteiger partial charge in [-0.1, -0.05) is 11.6 Å². The van der Waals surface area contributed by atoms with Crippen molar-refractivity contribution in [1.29, 1.82) is 0 Å². The van der Waals surface area contributed by atoms with Crippen molar-refractivity contribution in [3.63, 3.8) is 0 Å². The van der Waals surface area contributed by atoms with Crippen LogP contribution in [0.1, 0.15) is 56.6 Å². The van der Waals surface area contributed by atoms with Crippen molar-refractivity contribution in [2.75, 3.05) is 45.1 Å². The van der Waals surface area contributed by atoms with Crippen LogP contribution in [0.5, 0.6) is 23.0 Å². The van der Waals surface area contributed by atoms with Crippen molar-refractivity contribution >= 4 is 78.3 Å². The zero-order valence-electron chi connectivity index (χ0n) is 28.2. The highest BCUT2D eigenvalue weighted by Crippen LogP contribution is 2.55. The fraction of sp³-hybridized carbons (Fsp3) is 0.324. The number of phenols is 1. The van der Waals surface area contributed by atoms with Crippen molar-refractivity contribution in [2.24, 2.45) is 0 Å². The number of rotatable bonds is 14. The number of phenolic OH excluding ortho intramolecular Hbond substituents is 1. The average molecular weight is 685 g/mol. The number of methoxy groups -OCH3 is 3. The molecule has 1 unspecified atom stereocenters. The second-order valence-corrected chi connectivity index (χ2v) is 12.4. The third-order valence-corrected chi connectivity index (χ3v) is 9.42. The number of nitrogens with one attached hydrogen (secondary N) is 2. The fourth-order valence-corrected chi connectivity index (χ4v) is 7.51. The largest absolute Gasteiger partial charge is 0.507 e. The summed E-state index contributed by atoms with van der Waals surface area (Å²) in [6.45, 7) is 3.46. The Morgan fingerprint density at radius 1 is 0.740 bits per heavy atom. The Morgan fingerprint density at radius 2 is 1.32 bits per heavy atom. The van der Waals surface area contributed by atoms with Crippen LogP contribution in [0.3, 0.4) is 0 Å². The summed E-state index contributed by atoms with van der Waals surface area (Å²) in [6.07, 6.45) is 1.93. The van der Waals surface area contributed by atoms with Gasteiger partial charge in [-0.05, 0) is 32.1 Å². The van der Waals surface area contributed by atoms with Gasteiger partial charge in [-0.25, -0.2) is 0 Å². The molecule has 0 spiro atoms. The lowest BCUT2D eigenvalue weighted by atomic mass is 9.80. The molecule has 1 aliphatic rings. The minimum atomic E-state index is -0.995. The van der Waals surface area contributed by atoms with E-state index >= 15 is 0 Å². The van der Waals surface area contributed by atoms with Gasteiger partial charge in [0.05, 0.1) is 43.7 Å². The standard InChI is InChI=1S/C37H36N2O11/c1-15-12-17-25-30-27(35(46)34(17)39-11-7-9-23(44)45)19(41)14-21(49-4)29(30)28-20(48-3)13-18(38-10-6-8-22(42)43)26-32(28)31(25)33(24(15)16(2)40)37(50-5)36(26)47/h12-14,24,38-39,41H,6-11H2,1-5H3,(H,42,43)(H,44,45). The molecule has 6 rings (SSSR count). The molecular formula is C37H36N2O11. The van der Waals surface area contributed by atoms with E-state index in [9.17, 15) is 39.3 Å². The normalized spacial score (nSPS) is 13.9. The number of carbonyl (C=O) groups is 3. The first-order chi connectivity index (χ1) is 23.9. The predicted molar refractivity (Wildman–Crippen MR) is 190 cm³/mol. The molecule has 0 heterocycles. The molecular weight excluding hydrogens is 648 g/mol. The summed E-state index contributed by atoms with van der Waals surface area (Å²) >= 11 is 0. The van der Waals surface area contributed by atoms with Crippen LogP contribution >= 0.6 is 0 Å². The number of anilines is 2. The summed E-state index contributed by atoms with van der Waals surface area (Å²) in [6, 6.07) is 2.95. The van der Waals surface area contributed by atoms with Gasteiger partial charge in [0.15, 0.2) is 5.75 Å². The lowest BCUT2D eigenvalue weighted by molar-refractivity contribution is -0.138. The number of Topliss-reactive ketones (excluding diaryl/α,β-unsaturated/α-hetero) is 1. The van der Waals surface area contributed by atoms with Crippen LogP contribution in [0.15, 0.2) is 27.3 Å². The number of fused-ring (bicyclic) bond motifs is 1. The molecule has 0 bridgehead atoms. The van der Waals surface area contributed by atoms with Crippen LogP contribution in [0.25, 0.3) is 49.2 Å². The summed E-state index contributed by atoms with van der Waals surface area (Å²) in [5, 5.41) is 38.8. The molecule has 13 nitrogen and oxygen atoms in total. The lowest BCUT2D eigenvalue weighted by Crippen LogP contribution is -2.19. The van der Waals surface area contributed by atoms with Gasteiger partial charge >= 0.3 is 11.9 Å². The van der Waals surface area contributed by atoms with E-state index in [1.54, 1.807) is 19.1 Å². The molecule has 0 saturated heterocycles. The Hall–Kier alpha value is -5.85. The van der Waals surface area contributed by atoms with Gasteiger partial charge < -0.3 is 40.2 Å². The smallest absolute Gasteiger partial charge is 0.303 e. The number of hydrogen-bond donors (Lipinski definition) is 5. The Labute approximate surface area is 284 Å². The molecule has 0 fully saturated rings. The second kappa shape index (κ2) is 12.9. The number of carboxylic acids is 2. The van der Waals surface area contributed by atoms with Crippen LogP contribution in [-0.2, 0) is 14.4 Å². The van der Waals surface area contributed by atoms with E-state index in [1.807, 2.05) is 0 Å². The maximum absolute atomic E-state index is 14.7. The van der Waals surface area contributed by atoms with Gasteiger partial charge in [-0.15, -0.1) is 0 Å². The Kier molecular flexibility index (Phi) is 8.77. The number of carbonyl (C=O) groups excluding carboxylic acids is 1. The highest BCUT2D eigenvalue weighted by Gasteiger charge is 2.37. The third kappa shape index (κ3) is 5.11. The number of benzene rings is 5. The molecule has 1 atom stereocenters. The first kappa shape index (κ1) is 34.0. The van der Waals surface area contributed by atoms with E-state index in [2.05, 4.69) is 10.6 Å². The first-order valence-corrected chi connectivity index (χ1v) is 16.0. The number of allylic oxidation sites excluding steroid dienone is 1. The highest BCUT2D eigenvalue weighted by molar-refractivity contribution is 6.40. The topological polar surface area (TPSA) is 198 Å². The monoisotopic (exact) mass is 684 g/mol. The van der Waals surface area contributed by atoms with Crippen LogP contribution < -0.4 is 35.7 Å². The van der Waals surface area contributed by atoms with E-state index < -0.39 is 28.7 Å². The molecule has 5 N–H and O–H groups in total. The van der Waals surface area contributed by atoms with Crippen molar-refractivity contribution in [2.45, 2.75) is 45.4 Å². The molecule has 0 amide bonds. The van der Waals surface area contributed by atoms with Crippen molar-refractivity contribution < 1.29 is 43.9 Å². The zero-order valence-corrected chi connectivity index (χ0v) is 28.2. The van der Waals surface area contributed by atoms with E-state index in [4.69, 9.17) is 14.2 Å². The van der Waals surface area contributed by atoms with Gasteiger partial charge in [0.2, 0.25) is 10.9 Å². The molecule has 5 aromatic rings. The zero-order chi connectivity index (χ0) is 36.2. The molecule has 0 aromatic heterocycles. The maximum atomic E-state index is 14.7. The van der Waals surface area contributed by atoms with Gasteiger partial charge in [-0.3, -0.25) is 24.0 Å². The van der Waals surface area contributed by atoms with Crippen LogP contribution in [-0.4, -0.2) is 67.5 Å². The number of hydrogen-bond acceptors (Lipinski definition) is 11. The minimum absolute atomic E-state index is 0.0412. The van der Waals surface area contributed by atoms with Crippen molar-refractivity contribution in [3.8, 4) is 23.0 Å². The summed E-state index contributed by atoms with van der Waals surface area (Å²) in [5.41, 5.74) is 0.575. The van der Waals surface area contributed by atoms with Crippen molar-refractivity contribution in [3.05, 3.63) is 49.3 Å². The minimum Gasteiger partial charge on any atom is -0.507 e. The molecule has 0 saturated carbocycles. The number of ether oxygens (including phenoxy) is 3. The van der Waals surface area contributed by atoms with Gasteiger partial charge in [0, 0.05) is 81.8 Å². The molecule has 260 valence electrons. The van der Waals surface area contributed by atoms with Gasteiger partial charge in [-0.2, -0.15) is 0 Å². The summed E-state index contributed by atoms with van der Waals surface area (Å²) in [4.78, 5) is 65.2. The Morgan fingerprint density at radius 3 is 1.88 bits per heavy atom. The Bertz CT molecular complexity index is 2400. The molecule has 0 radical (unpaired) electrons. The average Bonchev–Trinajstić information content (AvgIpc) is 3.19. The summed E-state index contributed by atoms with van der Waals surface area (Å²) in [5.74, 6) is -3.17. The van der Waals surface area contributed by atoms with E-state index in [1.165, 1.54) is 34.3 Å². The number of aromatic hydroxyl groups is 1. The molecule has 50 heavy (non-hydrogen) atoms. The quantitative estimate of drug-likeness (QED) is 0.0577. The van der Waals surface area contributed by atoms with Crippen LogP contribution in [0, 0.1) is 0 Å². The van der Waals surface area contributed by atoms with Crippen LogP contribution in [0.4, 0.5) is 11.4 Å². The van der Waals surface area contributed by atoms with Gasteiger partial charge in [0.25, 0.3) is 0 Å². The number of carboxylic acid groups (broad SMARTS) is 2. The number of ketones is 1. The van der Waals surface area contributed by atoms with E-state index in [0.717, 1.165) is 0 Å². The summed E-state index contributed by atoms with van der Waals surface area (Å²) < 4.78 is 17.6. The Balaban J connectivity index is 1.93. The molecule has 5 aromatic carbocycles. The summed E-state index contributed by atoms with van der Waals surface area (Å²) in [7, 11) is 4.21. The van der Waals surface area contributed by atoms with E-state index in [-0.39, 0.29) is 78.3 Å².